The number of hydrogen-bond donors (Lipinski definition) is 2. The zero-order chi connectivity index (χ0) is 26.0. The molecule has 2 aromatic carbocycles. The van der Waals surface area contributed by atoms with Gasteiger partial charge in [0.25, 0.3) is 5.56 Å². The lowest BCUT2D eigenvalue weighted by Gasteiger charge is -2.19. The number of sulfone groups is 1. The minimum atomic E-state index is -4.55. The number of amides is 1. The van der Waals surface area contributed by atoms with E-state index in [2.05, 4.69) is 15.3 Å². The molecular weight excluding hydrogens is 503 g/mol. The number of nitrogens with zero attached hydrogens (tertiary/aromatic N) is 1. The number of alkyl halides is 3. The van der Waals surface area contributed by atoms with Crippen molar-refractivity contribution in [2.45, 2.75) is 47.3 Å². The lowest BCUT2D eigenvalue weighted by molar-refractivity contribution is -0.137. The number of anilines is 1. The van der Waals surface area contributed by atoms with Crippen LogP contribution in [0.3, 0.4) is 0 Å². The van der Waals surface area contributed by atoms with Crippen molar-refractivity contribution >= 4 is 33.2 Å². The van der Waals surface area contributed by atoms with Crippen LogP contribution in [0.5, 0.6) is 0 Å². The molecular formula is C23H22F3N3O4S2. The summed E-state index contributed by atoms with van der Waals surface area (Å²) in [6, 6.07) is 10.4. The summed E-state index contributed by atoms with van der Waals surface area (Å²) in [6.07, 6.45) is -3.63. The Morgan fingerprint density at radius 2 is 1.71 bits per heavy atom. The topological polar surface area (TPSA) is 109 Å². The average Bonchev–Trinajstić information content (AvgIpc) is 2.76. The maximum absolute atomic E-state index is 12.9. The van der Waals surface area contributed by atoms with Crippen LogP contribution in [0.4, 0.5) is 18.9 Å². The number of H-pyrrole nitrogens is 1. The summed E-state index contributed by atoms with van der Waals surface area (Å²) in [7, 11) is -4.12. The molecule has 0 aliphatic rings. The molecule has 12 heteroatoms. The van der Waals surface area contributed by atoms with Gasteiger partial charge in [0.1, 0.15) is 0 Å². The summed E-state index contributed by atoms with van der Waals surface area (Å²) in [5.74, 6) is -0.910. The van der Waals surface area contributed by atoms with Gasteiger partial charge in [-0.2, -0.15) is 13.2 Å². The molecule has 0 atom stereocenters. The first-order valence-electron chi connectivity index (χ1n) is 10.2. The third-order valence-corrected chi connectivity index (χ3v) is 7.53. The van der Waals surface area contributed by atoms with Crippen LogP contribution in [0, 0.1) is 0 Å². The number of carbonyl (C=O) groups excluding carboxylic acids is 1. The highest BCUT2D eigenvalue weighted by molar-refractivity contribution is 7.99. The fraction of sp³-hybridized carbons (Fsp3) is 0.261. The van der Waals surface area contributed by atoms with E-state index < -0.39 is 37.9 Å². The highest BCUT2D eigenvalue weighted by atomic mass is 32.2. The van der Waals surface area contributed by atoms with Crippen LogP contribution in [0.25, 0.3) is 0 Å². The van der Waals surface area contributed by atoms with Crippen molar-refractivity contribution in [1.29, 1.82) is 0 Å². The van der Waals surface area contributed by atoms with Crippen molar-refractivity contribution in [3.63, 3.8) is 0 Å². The van der Waals surface area contributed by atoms with Gasteiger partial charge in [0.05, 0.1) is 22.4 Å². The summed E-state index contributed by atoms with van der Waals surface area (Å²) in [4.78, 5) is 30.2. The number of rotatable bonds is 6. The molecule has 3 rings (SSSR count). The van der Waals surface area contributed by atoms with Crippen LogP contribution in [0.2, 0.25) is 0 Å². The minimum absolute atomic E-state index is 0.0174. The van der Waals surface area contributed by atoms with E-state index in [4.69, 9.17) is 0 Å². The Bertz CT molecular complexity index is 1390. The van der Waals surface area contributed by atoms with Crippen LogP contribution in [-0.2, 0) is 26.2 Å². The number of carbonyl (C=O) groups is 1. The Labute approximate surface area is 204 Å². The summed E-state index contributed by atoms with van der Waals surface area (Å²) in [5.41, 5.74) is -1.09. The van der Waals surface area contributed by atoms with E-state index in [0.717, 1.165) is 35.7 Å². The average molecular weight is 526 g/mol. The van der Waals surface area contributed by atoms with Gasteiger partial charge >= 0.3 is 6.18 Å². The molecule has 0 aliphatic carbocycles. The molecule has 186 valence electrons. The molecule has 7 nitrogen and oxygen atoms in total. The van der Waals surface area contributed by atoms with E-state index in [1.54, 1.807) is 12.1 Å². The maximum atomic E-state index is 12.9. The second kappa shape index (κ2) is 9.86. The van der Waals surface area contributed by atoms with E-state index in [1.807, 2.05) is 20.8 Å². The smallest absolute Gasteiger partial charge is 0.325 e. The molecule has 3 aromatic rings. The van der Waals surface area contributed by atoms with Gasteiger partial charge in [0, 0.05) is 5.69 Å². The van der Waals surface area contributed by atoms with Gasteiger partial charge < -0.3 is 10.3 Å². The monoisotopic (exact) mass is 525 g/mol. The number of hydrogen-bond acceptors (Lipinski definition) is 6. The van der Waals surface area contributed by atoms with Crippen molar-refractivity contribution < 1.29 is 26.4 Å². The molecule has 1 aromatic heterocycles. The molecule has 1 heterocycles. The lowest BCUT2D eigenvalue weighted by Crippen LogP contribution is -2.20. The highest BCUT2D eigenvalue weighted by Gasteiger charge is 2.30. The molecule has 0 saturated heterocycles. The van der Waals surface area contributed by atoms with Crippen molar-refractivity contribution in [2.24, 2.45) is 0 Å². The molecule has 0 radical (unpaired) electrons. The highest BCUT2D eigenvalue weighted by Crippen LogP contribution is 2.31. The first-order valence-corrected chi connectivity index (χ1v) is 12.7. The molecule has 2 N–H and O–H groups in total. The largest absolute Gasteiger partial charge is 0.416 e. The fourth-order valence-corrected chi connectivity index (χ4v) is 4.86. The Balaban J connectivity index is 1.69. The van der Waals surface area contributed by atoms with Gasteiger partial charge in [0.15, 0.2) is 10.1 Å². The van der Waals surface area contributed by atoms with Crippen molar-refractivity contribution in [2.75, 3.05) is 11.1 Å². The zero-order valence-electron chi connectivity index (χ0n) is 18.9. The molecule has 0 fully saturated rings. The Morgan fingerprint density at radius 3 is 2.29 bits per heavy atom. The van der Waals surface area contributed by atoms with Gasteiger partial charge in [-0.1, -0.05) is 50.7 Å². The molecule has 0 bridgehead atoms. The zero-order valence-corrected chi connectivity index (χ0v) is 20.6. The van der Waals surface area contributed by atoms with Crippen molar-refractivity contribution in [1.82, 2.24) is 9.97 Å². The standard InChI is InChI=1S/C23H22F3N3O4S2/c1-22(2,3)14-7-9-17(10-8-14)35(32,33)18-12-27-21(29-20(18)31)34-13-19(30)28-16-6-4-5-15(11-16)23(24,25)26/h4-12H,13H2,1-3H3,(H,28,30)(H,27,29,31). The predicted octanol–water partition coefficient (Wildman–Crippen LogP) is 4.65. The van der Waals surface area contributed by atoms with Crippen molar-refractivity contribution in [3.05, 3.63) is 76.2 Å². The maximum Gasteiger partial charge on any atom is 0.416 e. The van der Waals surface area contributed by atoms with Crippen molar-refractivity contribution in [3.8, 4) is 0 Å². The van der Waals surface area contributed by atoms with Crippen LogP contribution >= 0.6 is 11.8 Å². The molecule has 0 spiro atoms. The SMILES string of the molecule is CC(C)(C)c1ccc(S(=O)(=O)c2cnc(SCC(=O)Nc3cccc(C(F)(F)F)c3)[nH]c2=O)cc1. The van der Waals surface area contributed by atoms with Crippen LogP contribution in [-0.4, -0.2) is 30.0 Å². The summed E-state index contributed by atoms with van der Waals surface area (Å²) in [5, 5.41) is 2.32. The number of benzene rings is 2. The van der Waals surface area contributed by atoms with Crippen LogP contribution < -0.4 is 10.9 Å². The second-order valence-electron chi connectivity index (χ2n) is 8.57. The molecule has 0 aliphatic heterocycles. The minimum Gasteiger partial charge on any atom is -0.325 e. The van der Waals surface area contributed by atoms with E-state index >= 15 is 0 Å². The number of thioether (sulfide) groups is 1. The van der Waals surface area contributed by atoms with Gasteiger partial charge in [-0.25, -0.2) is 13.4 Å². The number of aromatic amines is 1. The summed E-state index contributed by atoms with van der Waals surface area (Å²) < 4.78 is 64.2. The van der Waals surface area contributed by atoms with Gasteiger partial charge in [0.2, 0.25) is 15.7 Å². The van der Waals surface area contributed by atoms with E-state index in [9.17, 15) is 31.2 Å². The fourth-order valence-electron chi connectivity index (χ4n) is 3.00. The van der Waals surface area contributed by atoms with E-state index in [1.165, 1.54) is 24.3 Å². The van der Waals surface area contributed by atoms with E-state index in [-0.39, 0.29) is 26.9 Å². The van der Waals surface area contributed by atoms with E-state index in [0.29, 0.717) is 0 Å². The number of aromatic nitrogens is 2. The Kier molecular flexibility index (Phi) is 7.46. The molecule has 1 amide bonds. The summed E-state index contributed by atoms with van der Waals surface area (Å²) >= 11 is 0.796. The van der Waals surface area contributed by atoms with Crippen LogP contribution in [0.15, 0.2) is 74.5 Å². The Morgan fingerprint density at radius 1 is 1.06 bits per heavy atom. The molecule has 35 heavy (non-hydrogen) atoms. The predicted molar refractivity (Wildman–Crippen MR) is 126 cm³/mol. The lowest BCUT2D eigenvalue weighted by atomic mass is 9.87. The third-order valence-electron chi connectivity index (χ3n) is 4.88. The van der Waals surface area contributed by atoms with Gasteiger partial charge in [-0.3, -0.25) is 9.59 Å². The first-order chi connectivity index (χ1) is 16.2. The number of nitrogens with one attached hydrogen (secondary N) is 2. The normalized spacial score (nSPS) is 12.4. The molecule has 0 unspecified atom stereocenters. The van der Waals surface area contributed by atoms with Crippen LogP contribution in [0.1, 0.15) is 31.9 Å². The summed E-state index contributed by atoms with van der Waals surface area (Å²) in [6.45, 7) is 5.96. The second-order valence-corrected chi connectivity index (χ2v) is 11.5. The number of halogens is 3. The quantitative estimate of drug-likeness (QED) is 0.358. The first kappa shape index (κ1) is 26.5. The van der Waals surface area contributed by atoms with Gasteiger partial charge in [-0.15, -0.1) is 0 Å². The Hall–Kier alpha value is -3.12. The molecule has 0 saturated carbocycles. The third kappa shape index (κ3) is 6.51. The van der Waals surface area contributed by atoms with Gasteiger partial charge in [-0.05, 0) is 41.3 Å².